The Morgan fingerprint density at radius 3 is 2.76 bits per heavy atom. The Bertz CT molecular complexity index is 407. The maximum atomic E-state index is 12.4. The Labute approximate surface area is 101 Å². The molecule has 1 aromatic rings. The quantitative estimate of drug-likeness (QED) is 0.845. The van der Waals surface area contributed by atoms with E-state index in [4.69, 9.17) is 0 Å². The largest absolute Gasteiger partial charge is 0.443 e. The van der Waals surface area contributed by atoms with Crippen LogP contribution < -0.4 is 0 Å². The average Bonchev–Trinajstić information content (AvgIpc) is 2.65. The van der Waals surface area contributed by atoms with Gasteiger partial charge in [0.1, 0.15) is 5.60 Å². The molecular formula is C10H13F3N2OS. The summed E-state index contributed by atoms with van der Waals surface area (Å²) in [4.78, 5) is 5.56. The molecule has 1 atom stereocenters. The molecule has 0 saturated carbocycles. The minimum Gasteiger partial charge on any atom is -0.383 e. The number of alkyl halides is 3. The number of piperidine rings is 1. The summed E-state index contributed by atoms with van der Waals surface area (Å²) in [6, 6.07) is 0. The van der Waals surface area contributed by atoms with E-state index in [1.807, 2.05) is 11.9 Å². The molecule has 7 heteroatoms. The molecule has 2 heterocycles. The summed E-state index contributed by atoms with van der Waals surface area (Å²) in [5.74, 6) is 0. The number of aliphatic hydroxyl groups is 1. The highest BCUT2D eigenvalue weighted by molar-refractivity contribution is 7.11. The second-order valence-electron chi connectivity index (χ2n) is 4.40. The van der Waals surface area contributed by atoms with Gasteiger partial charge >= 0.3 is 6.18 Å². The lowest BCUT2D eigenvalue weighted by Gasteiger charge is -2.36. The third-order valence-electron chi connectivity index (χ3n) is 2.87. The first-order valence-corrected chi connectivity index (χ1v) is 6.07. The van der Waals surface area contributed by atoms with Gasteiger partial charge in [-0.3, -0.25) is 0 Å². The number of likely N-dealkylation sites (tertiary alicyclic amines) is 1. The SMILES string of the molecule is CN1CCCC(O)(c2cnc(C(F)(F)F)s2)C1. The summed E-state index contributed by atoms with van der Waals surface area (Å²) in [6.07, 6.45) is -2.03. The summed E-state index contributed by atoms with van der Waals surface area (Å²) in [5, 5.41) is 9.46. The third kappa shape index (κ3) is 2.61. The fourth-order valence-electron chi connectivity index (χ4n) is 2.07. The summed E-state index contributed by atoms with van der Waals surface area (Å²) in [7, 11) is 1.84. The zero-order valence-electron chi connectivity index (χ0n) is 9.29. The van der Waals surface area contributed by atoms with E-state index in [9.17, 15) is 18.3 Å². The molecule has 0 amide bonds. The Kier molecular flexibility index (Phi) is 3.17. The lowest BCUT2D eigenvalue weighted by atomic mass is 9.92. The molecule has 1 N–H and O–H groups in total. The molecule has 1 fully saturated rings. The van der Waals surface area contributed by atoms with Crippen molar-refractivity contribution in [3.8, 4) is 0 Å². The molecule has 17 heavy (non-hydrogen) atoms. The van der Waals surface area contributed by atoms with Crippen molar-refractivity contribution >= 4 is 11.3 Å². The van der Waals surface area contributed by atoms with E-state index in [1.165, 1.54) is 0 Å². The predicted molar refractivity (Wildman–Crippen MR) is 57.7 cm³/mol. The Balaban J connectivity index is 2.24. The second-order valence-corrected chi connectivity index (χ2v) is 5.43. The van der Waals surface area contributed by atoms with Gasteiger partial charge in [0.15, 0.2) is 5.01 Å². The van der Waals surface area contributed by atoms with E-state index in [2.05, 4.69) is 4.98 Å². The molecule has 0 radical (unpaired) electrons. The number of halogens is 3. The van der Waals surface area contributed by atoms with Gasteiger partial charge in [-0.25, -0.2) is 4.98 Å². The first kappa shape index (κ1) is 12.8. The van der Waals surface area contributed by atoms with Gasteiger partial charge in [-0.1, -0.05) is 0 Å². The fraction of sp³-hybridized carbons (Fsp3) is 0.700. The molecule has 0 aliphatic carbocycles. The zero-order chi connectivity index (χ0) is 12.7. The molecule has 96 valence electrons. The van der Waals surface area contributed by atoms with Crippen molar-refractivity contribution in [2.24, 2.45) is 0 Å². The maximum absolute atomic E-state index is 12.4. The number of hydrogen-bond donors (Lipinski definition) is 1. The van der Waals surface area contributed by atoms with Gasteiger partial charge in [0, 0.05) is 12.7 Å². The monoisotopic (exact) mass is 266 g/mol. The van der Waals surface area contributed by atoms with E-state index in [0.29, 0.717) is 29.2 Å². The Morgan fingerprint density at radius 2 is 2.24 bits per heavy atom. The second kappa shape index (κ2) is 4.22. The number of β-amino-alcohol motifs (C(OH)–C–C–N with tert-alkyl or cyclic N) is 1. The molecule has 3 nitrogen and oxygen atoms in total. The van der Waals surface area contributed by atoms with Crippen LogP contribution in [0, 0.1) is 0 Å². The van der Waals surface area contributed by atoms with Crippen molar-refractivity contribution in [2.75, 3.05) is 20.1 Å². The van der Waals surface area contributed by atoms with Crippen molar-refractivity contribution in [1.29, 1.82) is 0 Å². The lowest BCUT2D eigenvalue weighted by molar-refractivity contribution is -0.137. The summed E-state index contributed by atoms with van der Waals surface area (Å²) < 4.78 is 37.3. The van der Waals surface area contributed by atoms with Crippen molar-refractivity contribution < 1.29 is 18.3 Å². The van der Waals surface area contributed by atoms with Gasteiger partial charge in [0.2, 0.25) is 0 Å². The topological polar surface area (TPSA) is 36.4 Å². The van der Waals surface area contributed by atoms with Crippen LogP contribution in [0.1, 0.15) is 22.7 Å². The number of hydrogen-bond acceptors (Lipinski definition) is 4. The fourth-order valence-corrected chi connectivity index (χ4v) is 2.96. The van der Waals surface area contributed by atoms with Crippen LogP contribution in [0.25, 0.3) is 0 Å². The lowest BCUT2D eigenvalue weighted by Crippen LogP contribution is -2.43. The molecule has 1 unspecified atom stereocenters. The van der Waals surface area contributed by atoms with Crippen LogP contribution in [-0.2, 0) is 11.8 Å². The van der Waals surface area contributed by atoms with Crippen molar-refractivity contribution in [1.82, 2.24) is 9.88 Å². The van der Waals surface area contributed by atoms with Crippen LogP contribution >= 0.6 is 11.3 Å². The predicted octanol–water partition coefficient (Wildman–Crippen LogP) is 2.08. The minimum atomic E-state index is -4.43. The molecule has 1 aliphatic rings. The summed E-state index contributed by atoms with van der Waals surface area (Å²) in [6.45, 7) is 1.21. The first-order valence-electron chi connectivity index (χ1n) is 5.26. The van der Waals surface area contributed by atoms with E-state index in [-0.39, 0.29) is 0 Å². The zero-order valence-corrected chi connectivity index (χ0v) is 10.1. The van der Waals surface area contributed by atoms with Crippen molar-refractivity contribution in [3.63, 3.8) is 0 Å². The maximum Gasteiger partial charge on any atom is 0.443 e. The van der Waals surface area contributed by atoms with E-state index >= 15 is 0 Å². The number of likely N-dealkylation sites (N-methyl/N-ethyl adjacent to an activating group) is 1. The molecule has 1 saturated heterocycles. The molecule has 0 bridgehead atoms. The highest BCUT2D eigenvalue weighted by Gasteiger charge is 2.40. The summed E-state index contributed by atoms with van der Waals surface area (Å²) in [5.41, 5.74) is -1.19. The van der Waals surface area contributed by atoms with Crippen LogP contribution in [0.2, 0.25) is 0 Å². The molecule has 0 spiro atoms. The van der Waals surface area contributed by atoms with Crippen molar-refractivity contribution in [3.05, 3.63) is 16.1 Å². The Morgan fingerprint density at radius 1 is 1.53 bits per heavy atom. The highest BCUT2D eigenvalue weighted by Crippen LogP contribution is 2.39. The smallest absolute Gasteiger partial charge is 0.383 e. The van der Waals surface area contributed by atoms with Crippen LogP contribution in [-0.4, -0.2) is 35.1 Å². The number of nitrogens with zero attached hydrogens (tertiary/aromatic N) is 2. The molecule has 1 aromatic heterocycles. The van der Waals surface area contributed by atoms with E-state index < -0.39 is 16.8 Å². The number of aromatic nitrogens is 1. The van der Waals surface area contributed by atoms with Gasteiger partial charge in [-0.15, -0.1) is 11.3 Å². The van der Waals surface area contributed by atoms with Gasteiger partial charge in [0.05, 0.1) is 4.88 Å². The average molecular weight is 266 g/mol. The normalized spacial score (nSPS) is 27.4. The van der Waals surface area contributed by atoms with Gasteiger partial charge in [0.25, 0.3) is 0 Å². The Hall–Kier alpha value is -0.660. The summed E-state index contributed by atoms with van der Waals surface area (Å²) >= 11 is 0.534. The van der Waals surface area contributed by atoms with E-state index in [1.54, 1.807) is 0 Å². The molecular weight excluding hydrogens is 253 g/mol. The van der Waals surface area contributed by atoms with Crippen LogP contribution in [0.3, 0.4) is 0 Å². The molecule has 2 rings (SSSR count). The van der Waals surface area contributed by atoms with Gasteiger partial charge in [-0.05, 0) is 26.4 Å². The van der Waals surface area contributed by atoms with Gasteiger partial charge in [-0.2, -0.15) is 13.2 Å². The standard InChI is InChI=1S/C10H13F3N2OS/c1-15-4-2-3-9(16,6-15)7-5-14-8(17-7)10(11,12)13/h5,16H,2-4,6H2,1H3. The first-order chi connectivity index (χ1) is 7.81. The van der Waals surface area contributed by atoms with E-state index in [0.717, 1.165) is 19.2 Å². The van der Waals surface area contributed by atoms with Crippen LogP contribution in [0.15, 0.2) is 6.20 Å². The van der Waals surface area contributed by atoms with Gasteiger partial charge < -0.3 is 10.0 Å². The number of rotatable bonds is 1. The molecule has 1 aliphatic heterocycles. The van der Waals surface area contributed by atoms with Crippen LogP contribution in [0.4, 0.5) is 13.2 Å². The number of thiazole rings is 1. The third-order valence-corrected chi connectivity index (χ3v) is 4.10. The van der Waals surface area contributed by atoms with Crippen LogP contribution in [0.5, 0.6) is 0 Å². The minimum absolute atomic E-state index is 0.302. The highest BCUT2D eigenvalue weighted by atomic mass is 32.1. The van der Waals surface area contributed by atoms with Crippen molar-refractivity contribution in [2.45, 2.75) is 24.6 Å². The molecule has 0 aromatic carbocycles.